The molecule has 1 fully saturated rings. The molecule has 0 bridgehead atoms. The van der Waals surface area contributed by atoms with Crippen LogP contribution in [0.3, 0.4) is 0 Å². The van der Waals surface area contributed by atoms with Gasteiger partial charge >= 0.3 is 6.18 Å². The zero-order valence-corrected chi connectivity index (χ0v) is 15.7. The third-order valence-corrected chi connectivity index (χ3v) is 7.67. The molecule has 1 aliphatic carbocycles. The van der Waals surface area contributed by atoms with Crippen molar-refractivity contribution in [3.05, 3.63) is 35.4 Å². The second-order valence-electron chi connectivity index (χ2n) is 7.46. The van der Waals surface area contributed by atoms with Crippen LogP contribution in [-0.2, 0) is 22.4 Å². The monoisotopic (exact) mass is 376 g/mol. The molecule has 0 atom stereocenters. The topological polar surface area (TPSA) is 34.1 Å². The predicted molar refractivity (Wildman–Crippen MR) is 94.1 cm³/mol. The minimum atomic E-state index is -4.31. The van der Waals surface area contributed by atoms with Crippen molar-refractivity contribution in [1.29, 1.82) is 0 Å². The third-order valence-electron chi connectivity index (χ3n) is 5.30. The van der Waals surface area contributed by atoms with Gasteiger partial charge in [-0.3, -0.25) is 0 Å². The quantitative estimate of drug-likeness (QED) is 0.678. The van der Waals surface area contributed by atoms with Gasteiger partial charge in [0.15, 0.2) is 9.84 Å². The van der Waals surface area contributed by atoms with E-state index in [9.17, 15) is 21.6 Å². The molecule has 142 valence electrons. The van der Waals surface area contributed by atoms with Gasteiger partial charge in [0.2, 0.25) is 0 Å². The maximum absolute atomic E-state index is 13.0. The number of hydrogen-bond donors (Lipinski definition) is 0. The molecule has 0 radical (unpaired) electrons. The van der Waals surface area contributed by atoms with E-state index in [1.54, 1.807) is 26.0 Å². The fourth-order valence-corrected chi connectivity index (χ4v) is 4.96. The van der Waals surface area contributed by atoms with E-state index in [0.29, 0.717) is 17.9 Å². The summed E-state index contributed by atoms with van der Waals surface area (Å²) in [5.41, 5.74) is -0.175. The maximum Gasteiger partial charge on any atom is 0.416 e. The molecule has 0 heterocycles. The van der Waals surface area contributed by atoms with Gasteiger partial charge in [0.05, 0.1) is 16.6 Å². The highest BCUT2D eigenvalue weighted by atomic mass is 32.2. The van der Waals surface area contributed by atoms with Gasteiger partial charge in [0.25, 0.3) is 0 Å². The van der Waals surface area contributed by atoms with Gasteiger partial charge in [-0.1, -0.05) is 31.0 Å². The molecule has 0 amide bonds. The molecule has 1 aliphatic rings. The first-order chi connectivity index (χ1) is 11.6. The number of benzene rings is 1. The first kappa shape index (κ1) is 20.3. The second-order valence-corrected chi connectivity index (χ2v) is 10.1. The van der Waals surface area contributed by atoms with E-state index >= 15 is 0 Å². The van der Waals surface area contributed by atoms with Crippen LogP contribution in [0, 0.1) is 11.8 Å². The fraction of sp³-hybridized carbons (Fsp3) is 0.684. The van der Waals surface area contributed by atoms with E-state index in [2.05, 4.69) is 0 Å². The molecule has 1 aromatic rings. The Hall–Kier alpha value is -1.04. The van der Waals surface area contributed by atoms with E-state index in [4.69, 9.17) is 0 Å². The molecule has 2 rings (SSSR count). The van der Waals surface area contributed by atoms with Crippen LogP contribution in [0.5, 0.6) is 0 Å². The molecule has 1 aromatic carbocycles. The Kier molecular flexibility index (Phi) is 6.57. The molecule has 1 saturated carbocycles. The number of sulfone groups is 1. The first-order valence-electron chi connectivity index (χ1n) is 8.96. The molecular formula is C19H27F3O2S. The number of alkyl halides is 3. The SMILES string of the molecule is CC(C)S(=O)(=O)CC1CCC(CCc2ccccc2C(F)(F)F)CC1. The van der Waals surface area contributed by atoms with E-state index in [0.717, 1.165) is 38.2 Å². The van der Waals surface area contributed by atoms with Gasteiger partial charge in [0, 0.05) is 0 Å². The Balaban J connectivity index is 1.86. The van der Waals surface area contributed by atoms with Gasteiger partial charge in [-0.15, -0.1) is 0 Å². The van der Waals surface area contributed by atoms with E-state index in [1.807, 2.05) is 0 Å². The molecule has 2 nitrogen and oxygen atoms in total. The molecule has 0 aromatic heterocycles. The Morgan fingerprint density at radius 2 is 1.60 bits per heavy atom. The Labute approximate surface area is 148 Å². The van der Waals surface area contributed by atoms with Crippen LogP contribution < -0.4 is 0 Å². The zero-order valence-electron chi connectivity index (χ0n) is 14.8. The van der Waals surface area contributed by atoms with Crippen molar-refractivity contribution >= 4 is 9.84 Å². The maximum atomic E-state index is 13.0. The molecule has 0 saturated heterocycles. The van der Waals surface area contributed by atoms with Crippen LogP contribution in [0.25, 0.3) is 0 Å². The Morgan fingerprint density at radius 3 is 2.16 bits per heavy atom. The first-order valence-corrected chi connectivity index (χ1v) is 10.7. The van der Waals surface area contributed by atoms with Crippen LogP contribution in [0.2, 0.25) is 0 Å². The summed E-state index contributed by atoms with van der Waals surface area (Å²) in [6, 6.07) is 5.78. The number of rotatable bonds is 6. The third kappa shape index (κ3) is 5.73. The van der Waals surface area contributed by atoms with Crippen LogP contribution >= 0.6 is 0 Å². The summed E-state index contributed by atoms with van der Waals surface area (Å²) in [5, 5.41) is -0.343. The van der Waals surface area contributed by atoms with Gasteiger partial charge < -0.3 is 0 Å². The minimum absolute atomic E-state index is 0.200. The van der Waals surface area contributed by atoms with E-state index in [1.165, 1.54) is 6.07 Å². The normalized spacial score (nSPS) is 22.3. The molecule has 25 heavy (non-hydrogen) atoms. The summed E-state index contributed by atoms with van der Waals surface area (Å²) in [6.07, 6.45) is 0.388. The molecule has 0 spiro atoms. The van der Waals surface area contributed by atoms with Gasteiger partial charge in [-0.2, -0.15) is 13.2 Å². The van der Waals surface area contributed by atoms with E-state index in [-0.39, 0.29) is 16.9 Å². The van der Waals surface area contributed by atoms with Crippen molar-refractivity contribution in [3.63, 3.8) is 0 Å². The number of hydrogen-bond acceptors (Lipinski definition) is 2. The van der Waals surface area contributed by atoms with Gasteiger partial charge in [-0.25, -0.2) is 8.42 Å². The van der Waals surface area contributed by atoms with Crippen molar-refractivity contribution in [1.82, 2.24) is 0 Å². The second kappa shape index (κ2) is 8.11. The lowest BCUT2D eigenvalue weighted by atomic mass is 9.80. The zero-order chi connectivity index (χ0) is 18.7. The van der Waals surface area contributed by atoms with Gasteiger partial charge in [0.1, 0.15) is 0 Å². The van der Waals surface area contributed by atoms with Crippen LogP contribution in [0.15, 0.2) is 24.3 Å². The van der Waals surface area contributed by atoms with E-state index < -0.39 is 21.6 Å². The average molecular weight is 376 g/mol. The largest absolute Gasteiger partial charge is 0.416 e. The number of aryl methyl sites for hydroxylation is 1. The van der Waals surface area contributed by atoms with Crippen LogP contribution in [-0.4, -0.2) is 19.4 Å². The highest BCUT2D eigenvalue weighted by molar-refractivity contribution is 7.91. The number of halogens is 3. The van der Waals surface area contributed by atoms with Crippen LogP contribution in [0.1, 0.15) is 57.1 Å². The predicted octanol–water partition coefficient (Wildman–Crippen LogP) is 5.27. The fourth-order valence-electron chi connectivity index (χ4n) is 3.58. The minimum Gasteiger partial charge on any atom is -0.229 e. The lowest BCUT2D eigenvalue weighted by Gasteiger charge is -2.29. The average Bonchev–Trinajstić information content (AvgIpc) is 2.53. The Morgan fingerprint density at radius 1 is 1.04 bits per heavy atom. The van der Waals surface area contributed by atoms with Crippen molar-refractivity contribution in [2.75, 3.05) is 5.75 Å². The lowest BCUT2D eigenvalue weighted by molar-refractivity contribution is -0.138. The van der Waals surface area contributed by atoms with Crippen molar-refractivity contribution in [3.8, 4) is 0 Å². The standard InChI is InChI=1S/C19H27F3O2S/c1-14(2)25(23,24)13-16-9-7-15(8-10-16)11-12-17-5-3-4-6-18(17)19(20,21)22/h3-6,14-16H,7-13H2,1-2H3. The molecule has 0 unspecified atom stereocenters. The Bertz CT molecular complexity index is 657. The summed E-state index contributed by atoms with van der Waals surface area (Å²) in [4.78, 5) is 0. The smallest absolute Gasteiger partial charge is 0.229 e. The summed E-state index contributed by atoms with van der Waals surface area (Å²) in [7, 11) is -3.02. The van der Waals surface area contributed by atoms with Crippen molar-refractivity contribution in [2.45, 2.75) is 63.8 Å². The summed E-state index contributed by atoms with van der Waals surface area (Å²) in [5.74, 6) is 0.833. The molecular weight excluding hydrogens is 349 g/mol. The molecule has 0 N–H and O–H groups in total. The summed E-state index contributed by atoms with van der Waals surface area (Å²) >= 11 is 0. The van der Waals surface area contributed by atoms with Crippen molar-refractivity contribution < 1.29 is 21.6 Å². The van der Waals surface area contributed by atoms with Crippen LogP contribution in [0.4, 0.5) is 13.2 Å². The molecule has 6 heteroatoms. The summed E-state index contributed by atoms with van der Waals surface area (Å²) < 4.78 is 63.1. The summed E-state index contributed by atoms with van der Waals surface area (Å²) in [6.45, 7) is 3.41. The van der Waals surface area contributed by atoms with Gasteiger partial charge in [-0.05, 0) is 63.0 Å². The molecule has 0 aliphatic heterocycles. The van der Waals surface area contributed by atoms with Crippen molar-refractivity contribution in [2.24, 2.45) is 11.8 Å². The highest BCUT2D eigenvalue weighted by Gasteiger charge is 2.33. The lowest BCUT2D eigenvalue weighted by Crippen LogP contribution is -2.26. The highest BCUT2D eigenvalue weighted by Crippen LogP contribution is 2.35.